The van der Waals surface area contributed by atoms with Crippen molar-refractivity contribution in [3.63, 3.8) is 0 Å². The highest BCUT2D eigenvalue weighted by Gasteiger charge is 2.47. The van der Waals surface area contributed by atoms with Crippen LogP contribution in [-0.4, -0.2) is 55.5 Å². The first-order valence-corrected chi connectivity index (χ1v) is 8.45. The molecule has 0 aromatic carbocycles. The summed E-state index contributed by atoms with van der Waals surface area (Å²) in [5, 5.41) is 11.3. The highest BCUT2D eigenvalue weighted by molar-refractivity contribution is 5.83. The van der Waals surface area contributed by atoms with Gasteiger partial charge in [0.05, 0.1) is 19.3 Å². The highest BCUT2D eigenvalue weighted by atomic mass is 16.5. The van der Waals surface area contributed by atoms with Crippen LogP contribution in [0.1, 0.15) is 42.6 Å². The van der Waals surface area contributed by atoms with Crippen molar-refractivity contribution in [2.45, 2.75) is 31.8 Å². The van der Waals surface area contributed by atoms with Crippen molar-refractivity contribution < 1.29 is 9.53 Å². The second kappa shape index (κ2) is 6.01. The minimum Gasteiger partial charge on any atom is -0.366 e. The smallest absolute Gasteiger partial charge is 0.226 e. The van der Waals surface area contributed by atoms with Crippen LogP contribution in [0.2, 0.25) is 0 Å². The molecule has 128 valence electrons. The van der Waals surface area contributed by atoms with E-state index in [9.17, 15) is 4.79 Å². The van der Waals surface area contributed by atoms with E-state index in [1.54, 1.807) is 4.68 Å². The first-order chi connectivity index (χ1) is 11.7. The molecule has 24 heavy (non-hydrogen) atoms. The monoisotopic (exact) mass is 330 g/mol. The Balaban J connectivity index is 1.40. The second-order valence-electron chi connectivity index (χ2n) is 6.53. The van der Waals surface area contributed by atoms with Gasteiger partial charge in [-0.05, 0) is 17.9 Å². The van der Waals surface area contributed by atoms with Gasteiger partial charge in [-0.15, -0.1) is 0 Å². The van der Waals surface area contributed by atoms with Gasteiger partial charge in [-0.25, -0.2) is 4.98 Å². The zero-order chi connectivity index (χ0) is 16.7. The number of nitrogens with one attached hydrogen (secondary N) is 1. The van der Waals surface area contributed by atoms with Crippen molar-refractivity contribution in [3.8, 4) is 0 Å². The first kappa shape index (κ1) is 15.3. The van der Waals surface area contributed by atoms with Crippen LogP contribution < -0.4 is 0 Å². The summed E-state index contributed by atoms with van der Waals surface area (Å²) in [6, 6.07) is 0. The third-order valence-corrected chi connectivity index (χ3v) is 4.81. The molecule has 2 aromatic heterocycles. The van der Waals surface area contributed by atoms with Crippen LogP contribution in [0.3, 0.4) is 0 Å². The quantitative estimate of drug-likeness (QED) is 0.896. The largest absolute Gasteiger partial charge is 0.366 e. The van der Waals surface area contributed by atoms with E-state index >= 15 is 0 Å². The molecule has 1 aliphatic heterocycles. The van der Waals surface area contributed by atoms with Crippen molar-refractivity contribution in [3.05, 3.63) is 29.6 Å². The molecule has 3 heterocycles. The Bertz CT molecular complexity index is 739. The number of aryl methyl sites for hydroxylation is 2. The fourth-order valence-electron chi connectivity index (χ4n) is 3.32. The number of ether oxygens (including phenoxy) is 1. The number of H-pyrrole nitrogens is 1. The zero-order valence-corrected chi connectivity index (χ0v) is 14.0. The molecular weight excluding hydrogens is 308 g/mol. The summed E-state index contributed by atoms with van der Waals surface area (Å²) >= 11 is 0. The topological polar surface area (TPSA) is 88.9 Å². The minimum atomic E-state index is -0.241. The SMILES string of the molecule is CCc1nc(C2CN(C(=O)C3CC3c3cnn(C)c3)CCO2)n[nH]1. The number of aromatic nitrogens is 5. The van der Waals surface area contributed by atoms with Gasteiger partial charge in [0.1, 0.15) is 11.9 Å². The summed E-state index contributed by atoms with van der Waals surface area (Å²) < 4.78 is 7.55. The summed E-state index contributed by atoms with van der Waals surface area (Å²) in [7, 11) is 1.90. The molecule has 1 saturated heterocycles. The lowest BCUT2D eigenvalue weighted by atomic mass is 10.1. The maximum Gasteiger partial charge on any atom is 0.226 e. The Morgan fingerprint density at radius 3 is 3.08 bits per heavy atom. The highest BCUT2D eigenvalue weighted by Crippen LogP contribution is 2.48. The molecule has 0 spiro atoms. The van der Waals surface area contributed by atoms with Crippen LogP contribution in [0.25, 0.3) is 0 Å². The molecule has 1 N–H and O–H groups in total. The fourth-order valence-corrected chi connectivity index (χ4v) is 3.32. The van der Waals surface area contributed by atoms with E-state index in [4.69, 9.17) is 4.74 Å². The van der Waals surface area contributed by atoms with Crippen LogP contribution >= 0.6 is 0 Å². The van der Waals surface area contributed by atoms with E-state index in [-0.39, 0.29) is 17.9 Å². The van der Waals surface area contributed by atoms with E-state index in [0.29, 0.717) is 31.4 Å². The standard InChI is InChI=1S/C16H22N6O2/c1-3-14-18-15(20-19-14)13-9-22(4-5-24-13)16(23)12-6-11(12)10-7-17-21(2)8-10/h7-8,11-13H,3-6,9H2,1-2H3,(H,18,19,20). The predicted octanol–water partition coefficient (Wildman–Crippen LogP) is 0.804. The van der Waals surface area contributed by atoms with Crippen LogP contribution in [0, 0.1) is 5.92 Å². The van der Waals surface area contributed by atoms with Gasteiger partial charge < -0.3 is 9.64 Å². The number of carbonyl (C=O) groups is 1. The number of amides is 1. The molecule has 1 amide bonds. The van der Waals surface area contributed by atoms with Gasteiger partial charge in [-0.2, -0.15) is 10.2 Å². The van der Waals surface area contributed by atoms with Gasteiger partial charge in [0.15, 0.2) is 5.82 Å². The van der Waals surface area contributed by atoms with Crippen LogP contribution in [0.15, 0.2) is 12.4 Å². The average Bonchev–Trinajstić information content (AvgIpc) is 3.04. The number of hydrogen-bond donors (Lipinski definition) is 1. The number of nitrogens with zero attached hydrogens (tertiary/aromatic N) is 5. The normalized spacial score (nSPS) is 26.6. The van der Waals surface area contributed by atoms with E-state index in [2.05, 4.69) is 20.3 Å². The summed E-state index contributed by atoms with van der Waals surface area (Å²) in [5.74, 6) is 2.08. The average molecular weight is 330 g/mol. The Morgan fingerprint density at radius 1 is 1.50 bits per heavy atom. The Kier molecular flexibility index (Phi) is 3.84. The molecule has 0 radical (unpaired) electrons. The Labute approximate surface area is 140 Å². The fraction of sp³-hybridized carbons (Fsp3) is 0.625. The second-order valence-corrected chi connectivity index (χ2v) is 6.53. The number of aromatic amines is 1. The molecule has 3 atom stereocenters. The van der Waals surface area contributed by atoms with E-state index in [0.717, 1.165) is 24.2 Å². The predicted molar refractivity (Wildman–Crippen MR) is 85.1 cm³/mol. The van der Waals surface area contributed by atoms with Gasteiger partial charge >= 0.3 is 0 Å². The lowest BCUT2D eigenvalue weighted by molar-refractivity contribution is -0.140. The van der Waals surface area contributed by atoms with E-state index in [1.807, 2.05) is 31.3 Å². The van der Waals surface area contributed by atoms with Crippen molar-refractivity contribution in [1.29, 1.82) is 0 Å². The number of hydrogen-bond acceptors (Lipinski definition) is 5. The van der Waals surface area contributed by atoms with E-state index in [1.165, 1.54) is 0 Å². The molecule has 2 fully saturated rings. The summed E-state index contributed by atoms with van der Waals surface area (Å²) in [4.78, 5) is 19.1. The minimum absolute atomic E-state index is 0.0753. The Morgan fingerprint density at radius 2 is 2.38 bits per heavy atom. The van der Waals surface area contributed by atoms with Crippen LogP contribution in [0.5, 0.6) is 0 Å². The molecular formula is C16H22N6O2. The first-order valence-electron chi connectivity index (χ1n) is 8.45. The molecule has 0 bridgehead atoms. The zero-order valence-electron chi connectivity index (χ0n) is 14.0. The third kappa shape index (κ3) is 2.82. The van der Waals surface area contributed by atoms with Crippen molar-refractivity contribution in [2.24, 2.45) is 13.0 Å². The van der Waals surface area contributed by atoms with Gasteiger partial charge in [0.25, 0.3) is 0 Å². The lowest BCUT2D eigenvalue weighted by Crippen LogP contribution is -2.43. The summed E-state index contributed by atoms with van der Waals surface area (Å²) in [6.07, 6.45) is 5.33. The van der Waals surface area contributed by atoms with Gasteiger partial charge in [0.2, 0.25) is 5.91 Å². The van der Waals surface area contributed by atoms with Gasteiger partial charge in [0, 0.05) is 32.1 Å². The molecule has 2 aliphatic rings. The number of rotatable bonds is 4. The molecule has 3 unspecified atom stereocenters. The maximum absolute atomic E-state index is 12.8. The maximum atomic E-state index is 12.8. The number of carbonyl (C=O) groups excluding carboxylic acids is 1. The molecule has 8 nitrogen and oxygen atoms in total. The molecule has 4 rings (SSSR count). The number of morpholine rings is 1. The van der Waals surface area contributed by atoms with Crippen LogP contribution in [-0.2, 0) is 23.0 Å². The summed E-state index contributed by atoms with van der Waals surface area (Å²) in [5.41, 5.74) is 1.15. The van der Waals surface area contributed by atoms with Crippen molar-refractivity contribution in [1.82, 2.24) is 29.9 Å². The molecule has 1 saturated carbocycles. The molecule has 8 heteroatoms. The van der Waals surface area contributed by atoms with Crippen molar-refractivity contribution >= 4 is 5.91 Å². The van der Waals surface area contributed by atoms with Gasteiger partial charge in [-0.3, -0.25) is 14.6 Å². The lowest BCUT2D eigenvalue weighted by Gasteiger charge is -2.31. The van der Waals surface area contributed by atoms with Crippen molar-refractivity contribution in [2.75, 3.05) is 19.7 Å². The van der Waals surface area contributed by atoms with Gasteiger partial charge in [-0.1, -0.05) is 6.92 Å². The molecule has 1 aliphatic carbocycles. The summed E-state index contributed by atoms with van der Waals surface area (Å²) in [6.45, 7) is 3.71. The molecule has 2 aromatic rings. The Hall–Kier alpha value is -2.22. The van der Waals surface area contributed by atoms with E-state index < -0.39 is 0 Å². The third-order valence-electron chi connectivity index (χ3n) is 4.81. The van der Waals surface area contributed by atoms with Crippen LogP contribution in [0.4, 0.5) is 0 Å².